The van der Waals surface area contributed by atoms with Gasteiger partial charge in [-0.3, -0.25) is 0 Å². The quantitative estimate of drug-likeness (QED) is 0.690. The zero-order chi connectivity index (χ0) is 10.3. The van der Waals surface area contributed by atoms with Crippen LogP contribution in [0.25, 0.3) is 0 Å². The number of aryl methyl sites for hydroxylation is 1. The van der Waals surface area contributed by atoms with Gasteiger partial charge in [-0.15, -0.1) is 0 Å². The lowest BCUT2D eigenvalue weighted by Gasteiger charge is -2.02. The molecule has 0 aliphatic carbocycles. The van der Waals surface area contributed by atoms with E-state index in [1.165, 1.54) is 0 Å². The number of rotatable bonds is 1. The lowest BCUT2D eigenvalue weighted by molar-refractivity contribution is 0.597. The van der Waals surface area contributed by atoms with Crippen molar-refractivity contribution in [2.75, 3.05) is 0 Å². The summed E-state index contributed by atoms with van der Waals surface area (Å²) < 4.78 is 22.7. The predicted octanol–water partition coefficient (Wildman–Crippen LogP) is -0.328. The third-order valence-corrected chi connectivity index (χ3v) is 3.69. The van der Waals surface area contributed by atoms with Crippen LogP contribution < -0.4 is 5.73 Å². The number of sulfone groups is 1. The molecule has 5 nitrogen and oxygen atoms in total. The Labute approximate surface area is 82.3 Å². The number of fused-ring (bicyclic) bond motifs is 1. The van der Waals surface area contributed by atoms with Crippen molar-refractivity contribution in [2.45, 2.75) is 25.0 Å². The number of nitrogens with zero attached hydrogens (tertiary/aromatic N) is 2. The van der Waals surface area contributed by atoms with Crippen LogP contribution in [0.2, 0.25) is 0 Å². The Kier molecular flexibility index (Phi) is 2.04. The molecular formula is C8H11N3O2S. The van der Waals surface area contributed by atoms with Crippen LogP contribution in [0, 0.1) is 6.92 Å². The molecule has 0 amide bonds. The van der Waals surface area contributed by atoms with Crippen molar-refractivity contribution in [2.24, 2.45) is 5.73 Å². The first-order valence-corrected chi connectivity index (χ1v) is 6.10. The van der Waals surface area contributed by atoms with Gasteiger partial charge in [0.2, 0.25) is 0 Å². The van der Waals surface area contributed by atoms with Crippen LogP contribution >= 0.6 is 0 Å². The largest absolute Gasteiger partial charge is 0.324 e. The van der Waals surface area contributed by atoms with Gasteiger partial charge in [-0.1, -0.05) is 0 Å². The average molecular weight is 213 g/mol. The number of hydrogen-bond donors (Lipinski definition) is 1. The number of nitrogens with two attached hydrogens (primary N) is 1. The van der Waals surface area contributed by atoms with Crippen molar-refractivity contribution < 1.29 is 8.42 Å². The number of aromatic nitrogens is 2. The van der Waals surface area contributed by atoms with Gasteiger partial charge in [0, 0.05) is 11.3 Å². The summed E-state index contributed by atoms with van der Waals surface area (Å²) in [6, 6.07) is 0. The minimum absolute atomic E-state index is 0.0265. The summed E-state index contributed by atoms with van der Waals surface area (Å²) in [5.74, 6) is 0.607. The fraction of sp³-hybridized carbons (Fsp3) is 0.500. The maximum absolute atomic E-state index is 11.3. The predicted molar refractivity (Wildman–Crippen MR) is 51.0 cm³/mol. The molecule has 0 aromatic carbocycles. The summed E-state index contributed by atoms with van der Waals surface area (Å²) in [4.78, 5) is 8.24. The normalized spacial score (nSPS) is 18.1. The molecule has 0 fully saturated rings. The molecule has 0 unspecified atom stereocenters. The Morgan fingerprint density at radius 2 is 2.07 bits per heavy atom. The summed E-state index contributed by atoms with van der Waals surface area (Å²) >= 11 is 0. The third kappa shape index (κ3) is 1.51. The molecule has 0 spiro atoms. The molecule has 0 bridgehead atoms. The average Bonchev–Trinajstić information content (AvgIpc) is 2.40. The molecule has 1 aliphatic rings. The molecule has 6 heteroatoms. The second kappa shape index (κ2) is 2.99. The Morgan fingerprint density at radius 1 is 1.36 bits per heavy atom. The molecule has 2 N–H and O–H groups in total. The Morgan fingerprint density at radius 3 is 2.71 bits per heavy atom. The van der Waals surface area contributed by atoms with Gasteiger partial charge in [0.15, 0.2) is 9.84 Å². The van der Waals surface area contributed by atoms with Gasteiger partial charge in [0.05, 0.1) is 23.7 Å². The second-order valence-electron chi connectivity index (χ2n) is 3.39. The molecule has 0 saturated carbocycles. The van der Waals surface area contributed by atoms with Gasteiger partial charge >= 0.3 is 0 Å². The molecule has 1 aromatic heterocycles. The van der Waals surface area contributed by atoms with Crippen LogP contribution in [0.1, 0.15) is 22.8 Å². The lowest BCUT2D eigenvalue weighted by atomic mass is 10.2. The van der Waals surface area contributed by atoms with Crippen LogP contribution in [-0.2, 0) is 27.9 Å². The van der Waals surface area contributed by atoms with Crippen LogP contribution in [0.3, 0.4) is 0 Å². The van der Waals surface area contributed by atoms with E-state index in [1.807, 2.05) is 0 Å². The number of hydrogen-bond acceptors (Lipinski definition) is 5. The van der Waals surface area contributed by atoms with Crippen LogP contribution in [-0.4, -0.2) is 18.4 Å². The van der Waals surface area contributed by atoms with Crippen molar-refractivity contribution in [3.63, 3.8) is 0 Å². The topological polar surface area (TPSA) is 85.9 Å². The first-order chi connectivity index (χ1) is 6.52. The summed E-state index contributed by atoms with van der Waals surface area (Å²) in [5.41, 5.74) is 7.51. The Balaban J connectivity index is 2.57. The molecule has 0 atom stereocenters. The second-order valence-corrected chi connectivity index (χ2v) is 5.45. The highest BCUT2D eigenvalue weighted by Gasteiger charge is 2.28. The molecule has 0 saturated heterocycles. The summed E-state index contributed by atoms with van der Waals surface area (Å²) in [7, 11) is -3.00. The van der Waals surface area contributed by atoms with Crippen molar-refractivity contribution >= 4 is 9.84 Å². The van der Waals surface area contributed by atoms with Gasteiger partial charge in [-0.05, 0) is 6.92 Å². The van der Waals surface area contributed by atoms with E-state index in [0.717, 1.165) is 11.3 Å². The van der Waals surface area contributed by atoms with Gasteiger partial charge in [-0.25, -0.2) is 18.4 Å². The van der Waals surface area contributed by atoms with Gasteiger partial charge in [0.25, 0.3) is 0 Å². The van der Waals surface area contributed by atoms with E-state index in [-0.39, 0.29) is 18.1 Å². The van der Waals surface area contributed by atoms with Crippen molar-refractivity contribution in [3.8, 4) is 0 Å². The standard InChI is InChI=1S/C8H11N3O2S/c1-5-6-3-14(12,13)4-7(6)11-8(2-9)10-5/h2-4,9H2,1H3. The van der Waals surface area contributed by atoms with Crippen molar-refractivity contribution in [3.05, 3.63) is 22.8 Å². The van der Waals surface area contributed by atoms with Crippen molar-refractivity contribution in [1.29, 1.82) is 0 Å². The fourth-order valence-corrected chi connectivity index (χ4v) is 3.17. The van der Waals surface area contributed by atoms with Crippen LogP contribution in [0.15, 0.2) is 0 Å². The lowest BCUT2D eigenvalue weighted by Crippen LogP contribution is -2.07. The summed E-state index contributed by atoms with van der Waals surface area (Å²) in [6.45, 7) is 2.04. The van der Waals surface area contributed by atoms with Gasteiger partial charge < -0.3 is 5.73 Å². The minimum Gasteiger partial charge on any atom is -0.324 e. The SMILES string of the molecule is Cc1nc(CN)nc2c1CS(=O)(=O)C2. The van der Waals surface area contributed by atoms with E-state index in [1.54, 1.807) is 6.92 Å². The van der Waals surface area contributed by atoms with Gasteiger partial charge in [0.1, 0.15) is 5.82 Å². The first-order valence-electron chi connectivity index (χ1n) is 4.27. The third-order valence-electron chi connectivity index (χ3n) is 2.25. The molecule has 1 aliphatic heterocycles. The zero-order valence-electron chi connectivity index (χ0n) is 7.82. The highest BCUT2D eigenvalue weighted by Crippen LogP contribution is 2.25. The molecule has 14 heavy (non-hydrogen) atoms. The van der Waals surface area contributed by atoms with E-state index in [2.05, 4.69) is 9.97 Å². The van der Waals surface area contributed by atoms with E-state index in [4.69, 9.17) is 5.73 Å². The van der Waals surface area contributed by atoms with E-state index < -0.39 is 9.84 Å². The van der Waals surface area contributed by atoms with E-state index >= 15 is 0 Å². The minimum atomic E-state index is -3.00. The van der Waals surface area contributed by atoms with Crippen LogP contribution in [0.5, 0.6) is 0 Å². The van der Waals surface area contributed by atoms with E-state index in [0.29, 0.717) is 11.5 Å². The molecule has 2 heterocycles. The Hall–Kier alpha value is -1.01. The monoisotopic (exact) mass is 213 g/mol. The first kappa shape index (κ1) is 9.54. The molecule has 1 aromatic rings. The highest BCUT2D eigenvalue weighted by atomic mass is 32.2. The molecule has 0 radical (unpaired) electrons. The Bertz CT molecular complexity index is 482. The van der Waals surface area contributed by atoms with Gasteiger partial charge in [-0.2, -0.15) is 0 Å². The molecule has 2 rings (SSSR count). The van der Waals surface area contributed by atoms with Crippen LogP contribution in [0.4, 0.5) is 0 Å². The molecular weight excluding hydrogens is 202 g/mol. The zero-order valence-corrected chi connectivity index (χ0v) is 8.63. The highest BCUT2D eigenvalue weighted by molar-refractivity contribution is 7.90. The maximum atomic E-state index is 11.3. The fourth-order valence-electron chi connectivity index (χ4n) is 1.60. The van der Waals surface area contributed by atoms with Crippen molar-refractivity contribution in [1.82, 2.24) is 9.97 Å². The van der Waals surface area contributed by atoms with E-state index in [9.17, 15) is 8.42 Å². The smallest absolute Gasteiger partial charge is 0.160 e. The summed E-state index contributed by atoms with van der Waals surface area (Å²) in [5, 5.41) is 0. The summed E-state index contributed by atoms with van der Waals surface area (Å²) in [6.07, 6.45) is 0. The molecule has 76 valence electrons. The maximum Gasteiger partial charge on any atom is 0.160 e.